The van der Waals surface area contributed by atoms with E-state index in [1.807, 2.05) is 10.6 Å². The average Bonchev–Trinajstić information content (AvgIpc) is 2.90. The van der Waals surface area contributed by atoms with Crippen LogP contribution < -0.4 is 0 Å². The maximum Gasteiger partial charge on any atom is 0.228 e. The van der Waals surface area contributed by atoms with Gasteiger partial charge in [0.25, 0.3) is 0 Å². The Balaban J connectivity index is 1.90. The van der Waals surface area contributed by atoms with Gasteiger partial charge in [0.1, 0.15) is 0 Å². The summed E-state index contributed by atoms with van der Waals surface area (Å²) in [5.41, 5.74) is 1.97. The minimum atomic E-state index is 0.623. The van der Waals surface area contributed by atoms with Crippen LogP contribution in [0.2, 0.25) is 0 Å². The minimum Gasteiger partial charge on any atom is -0.339 e. The van der Waals surface area contributed by atoms with Crippen LogP contribution in [0.15, 0.2) is 23.0 Å². The highest BCUT2D eigenvalue weighted by molar-refractivity contribution is 7.71. The lowest BCUT2D eigenvalue weighted by Crippen LogP contribution is -2.01. The molecule has 0 aliphatic rings. The summed E-state index contributed by atoms with van der Waals surface area (Å²) in [5, 5.41) is 3.76. The van der Waals surface area contributed by atoms with Gasteiger partial charge in [0, 0.05) is 19.2 Å². The predicted molar refractivity (Wildman–Crippen MR) is 67.7 cm³/mol. The summed E-state index contributed by atoms with van der Waals surface area (Å²) in [4.78, 5) is 11.3. The van der Waals surface area contributed by atoms with Crippen molar-refractivity contribution in [3.8, 4) is 0 Å². The lowest BCUT2D eigenvalue weighted by molar-refractivity contribution is 0.369. The second-order valence-electron chi connectivity index (χ2n) is 3.96. The van der Waals surface area contributed by atoms with Gasteiger partial charge in [-0.1, -0.05) is 5.16 Å². The number of hydrogen-bond acceptors (Lipinski definition) is 5. The van der Waals surface area contributed by atoms with Gasteiger partial charge in [0.15, 0.2) is 10.6 Å². The first-order valence-corrected chi connectivity index (χ1v) is 5.96. The van der Waals surface area contributed by atoms with E-state index < -0.39 is 0 Å². The summed E-state index contributed by atoms with van der Waals surface area (Å²) in [6.45, 7) is 2.50. The van der Waals surface area contributed by atoms with Crippen molar-refractivity contribution < 1.29 is 4.52 Å². The van der Waals surface area contributed by atoms with Gasteiger partial charge in [-0.2, -0.15) is 4.98 Å². The zero-order chi connectivity index (χ0) is 12.5. The molecule has 0 spiro atoms. The van der Waals surface area contributed by atoms with Crippen LogP contribution >= 0.6 is 12.2 Å². The molecule has 0 atom stereocenters. The Bertz CT molecular complexity index is 741. The Morgan fingerprint density at radius 3 is 3.17 bits per heavy atom. The molecule has 0 radical (unpaired) electrons. The molecular formula is C11H11N5OS. The number of nitrogens with zero attached hydrogens (tertiary/aromatic N) is 4. The summed E-state index contributed by atoms with van der Waals surface area (Å²) in [7, 11) is 0. The Kier molecular flexibility index (Phi) is 2.67. The lowest BCUT2D eigenvalue weighted by atomic mass is 10.3. The molecule has 6 nitrogen and oxygen atoms in total. The number of aromatic amines is 1. The van der Waals surface area contributed by atoms with Gasteiger partial charge in [-0.15, -0.1) is 0 Å². The summed E-state index contributed by atoms with van der Waals surface area (Å²) in [6, 6.07) is 1.93. The molecule has 0 amide bonds. The average molecular weight is 261 g/mol. The zero-order valence-electron chi connectivity index (χ0n) is 9.75. The molecule has 3 aromatic heterocycles. The van der Waals surface area contributed by atoms with Crippen molar-refractivity contribution in [2.45, 2.75) is 19.9 Å². The van der Waals surface area contributed by atoms with Crippen molar-refractivity contribution in [1.82, 2.24) is 24.7 Å². The molecule has 0 saturated carbocycles. The van der Waals surface area contributed by atoms with Gasteiger partial charge in [0.05, 0.1) is 17.2 Å². The molecule has 3 aromatic rings. The number of nitrogens with one attached hydrogen (secondary N) is 1. The lowest BCUT2D eigenvalue weighted by Gasteiger charge is -2.01. The Morgan fingerprint density at radius 2 is 2.39 bits per heavy atom. The van der Waals surface area contributed by atoms with Crippen LogP contribution in [0, 0.1) is 11.7 Å². The van der Waals surface area contributed by atoms with Gasteiger partial charge in [-0.25, -0.2) is 0 Å². The van der Waals surface area contributed by atoms with Gasteiger partial charge in [-0.3, -0.25) is 4.98 Å². The van der Waals surface area contributed by atoms with Crippen LogP contribution in [0.3, 0.4) is 0 Å². The van der Waals surface area contributed by atoms with Crippen molar-refractivity contribution >= 4 is 23.3 Å². The van der Waals surface area contributed by atoms with Crippen LogP contribution in [-0.2, 0) is 13.0 Å². The van der Waals surface area contributed by atoms with E-state index in [9.17, 15) is 0 Å². The van der Waals surface area contributed by atoms with E-state index in [1.54, 1.807) is 19.3 Å². The highest BCUT2D eigenvalue weighted by Crippen LogP contribution is 2.13. The smallest absolute Gasteiger partial charge is 0.228 e. The second-order valence-corrected chi connectivity index (χ2v) is 4.35. The monoisotopic (exact) mass is 261 g/mol. The van der Waals surface area contributed by atoms with E-state index in [-0.39, 0.29) is 0 Å². The number of hydrogen-bond donors (Lipinski definition) is 1. The van der Waals surface area contributed by atoms with Crippen LogP contribution in [0.1, 0.15) is 11.7 Å². The van der Waals surface area contributed by atoms with Crippen molar-refractivity contribution in [3.63, 3.8) is 0 Å². The van der Waals surface area contributed by atoms with Crippen molar-refractivity contribution in [2.75, 3.05) is 0 Å². The molecule has 92 valence electrons. The maximum atomic E-state index is 5.29. The van der Waals surface area contributed by atoms with E-state index >= 15 is 0 Å². The van der Waals surface area contributed by atoms with Crippen LogP contribution in [0.5, 0.6) is 0 Å². The van der Waals surface area contributed by atoms with Crippen molar-refractivity contribution in [1.29, 1.82) is 0 Å². The molecule has 7 heteroatoms. The third-order valence-corrected chi connectivity index (χ3v) is 3.02. The number of H-pyrrole nitrogens is 1. The summed E-state index contributed by atoms with van der Waals surface area (Å²) in [6.07, 6.45) is 4.17. The quantitative estimate of drug-likeness (QED) is 0.730. The van der Waals surface area contributed by atoms with Crippen LogP contribution in [-0.4, -0.2) is 24.7 Å². The molecule has 0 aliphatic carbocycles. The molecule has 0 saturated heterocycles. The molecule has 1 N–H and O–H groups in total. The molecular weight excluding hydrogens is 250 g/mol. The number of aromatic nitrogens is 5. The fourth-order valence-corrected chi connectivity index (χ4v) is 2.18. The first-order valence-electron chi connectivity index (χ1n) is 5.56. The van der Waals surface area contributed by atoms with Crippen LogP contribution in [0.4, 0.5) is 0 Å². The number of aryl methyl sites for hydroxylation is 3. The molecule has 0 unspecified atom stereocenters. The highest BCUT2D eigenvalue weighted by atomic mass is 32.1. The van der Waals surface area contributed by atoms with E-state index in [2.05, 4.69) is 20.1 Å². The normalized spacial score (nSPS) is 11.2. The Labute approximate surface area is 108 Å². The predicted octanol–water partition coefficient (Wildman–Crippen LogP) is 2.03. The van der Waals surface area contributed by atoms with Gasteiger partial charge in [-0.05, 0) is 25.2 Å². The third-order valence-electron chi connectivity index (χ3n) is 2.69. The fraction of sp³-hybridized carbons (Fsp3) is 0.273. The summed E-state index contributed by atoms with van der Waals surface area (Å²) in [5.74, 6) is 1.27. The van der Waals surface area contributed by atoms with E-state index in [4.69, 9.17) is 16.7 Å². The molecule has 0 bridgehead atoms. The number of fused-ring (bicyclic) bond motifs is 1. The SMILES string of the molecule is Cc1noc(CCn2c(=S)[nH]c3cnccc32)n1. The largest absolute Gasteiger partial charge is 0.339 e. The zero-order valence-corrected chi connectivity index (χ0v) is 10.6. The van der Waals surface area contributed by atoms with Crippen molar-refractivity contribution in [2.24, 2.45) is 0 Å². The number of rotatable bonds is 3. The van der Waals surface area contributed by atoms with E-state index in [1.165, 1.54) is 0 Å². The topological polar surface area (TPSA) is 72.5 Å². The first kappa shape index (κ1) is 11.1. The van der Waals surface area contributed by atoms with Crippen LogP contribution in [0.25, 0.3) is 11.0 Å². The standard InChI is InChI=1S/C11H11N5OS/c1-7-13-10(17-15-7)3-5-16-9-2-4-12-6-8(9)14-11(16)18/h2,4,6H,3,5H2,1H3,(H,14,18). The highest BCUT2D eigenvalue weighted by Gasteiger charge is 2.07. The van der Waals surface area contributed by atoms with Gasteiger partial charge >= 0.3 is 0 Å². The van der Waals surface area contributed by atoms with E-state index in [0.29, 0.717) is 29.5 Å². The molecule has 0 aliphatic heterocycles. The molecule has 3 rings (SSSR count). The maximum absolute atomic E-state index is 5.29. The fourth-order valence-electron chi connectivity index (χ4n) is 1.88. The molecule has 0 fully saturated rings. The van der Waals surface area contributed by atoms with Gasteiger partial charge in [0.2, 0.25) is 5.89 Å². The Morgan fingerprint density at radius 1 is 1.50 bits per heavy atom. The molecule has 0 aromatic carbocycles. The first-order chi connectivity index (χ1) is 8.74. The summed E-state index contributed by atoms with van der Waals surface area (Å²) < 4.78 is 7.76. The van der Waals surface area contributed by atoms with Gasteiger partial charge < -0.3 is 14.1 Å². The molecule has 3 heterocycles. The third kappa shape index (κ3) is 1.92. The molecule has 18 heavy (non-hydrogen) atoms. The number of pyridine rings is 1. The minimum absolute atomic E-state index is 0.623. The summed E-state index contributed by atoms with van der Waals surface area (Å²) >= 11 is 5.29. The van der Waals surface area contributed by atoms with E-state index in [0.717, 1.165) is 11.0 Å². The van der Waals surface area contributed by atoms with Crippen molar-refractivity contribution in [3.05, 3.63) is 34.9 Å². The number of imidazole rings is 1. The Hall–Kier alpha value is -2.02. The second kappa shape index (κ2) is 4.34.